The molecule has 0 bridgehead atoms. The van der Waals surface area contributed by atoms with Crippen LogP contribution in [0.1, 0.15) is 0 Å². The Morgan fingerprint density at radius 2 is 1.25 bits per heavy atom. The number of rotatable bonds is 0. The quantitative estimate of drug-likeness (QED) is 0.368. The topological polar surface area (TPSA) is 65.6 Å². The fourth-order valence-electron chi connectivity index (χ4n) is 0. The third-order valence-electron chi connectivity index (χ3n) is 0. The number of hydrogen-bond acceptors (Lipinski definition) is 2. The Hall–Kier alpha value is 0.0795. The van der Waals surface area contributed by atoms with E-state index in [0.717, 1.165) is 0 Å². The van der Waals surface area contributed by atoms with Crippen molar-refractivity contribution >= 4 is 0 Å². The third kappa shape index (κ3) is 384. The van der Waals surface area contributed by atoms with E-state index >= 15 is 0 Å². The van der Waals surface area contributed by atoms with E-state index in [9.17, 15) is 0 Å². The minimum absolute atomic E-state index is 0. The molecule has 0 aromatic heterocycles. The normalized spacial score (nSPS) is 3.00. The molecule has 0 spiro atoms. The van der Waals surface area contributed by atoms with Gasteiger partial charge < -0.3 is 5.48 Å². The summed E-state index contributed by atoms with van der Waals surface area (Å²) >= 11 is -1.44. The van der Waals surface area contributed by atoms with E-state index in [1.165, 1.54) is 0 Å². The Bertz CT molecular complexity index is 24.3. The van der Waals surface area contributed by atoms with Gasteiger partial charge >= 0.3 is 22.5 Å². The molecule has 0 saturated heterocycles. The monoisotopic (exact) mass is 105 g/mol. The minimum atomic E-state index is -1.44. The van der Waals surface area contributed by atoms with Crippen LogP contribution in [-0.2, 0) is 22.5 Å². The van der Waals surface area contributed by atoms with Gasteiger partial charge in [0.2, 0.25) is 0 Å². The summed E-state index contributed by atoms with van der Waals surface area (Å²) in [7, 11) is 0. The first kappa shape index (κ1) is 8.95. The van der Waals surface area contributed by atoms with Crippen LogP contribution in [0.3, 0.4) is 0 Å². The Morgan fingerprint density at radius 3 is 1.25 bits per heavy atom. The molecule has 0 unspecified atom stereocenters. The summed E-state index contributed by atoms with van der Waals surface area (Å²) in [6.45, 7) is 0. The van der Waals surface area contributed by atoms with Gasteiger partial charge in [0.15, 0.2) is 0 Å². The van der Waals surface area contributed by atoms with E-state index in [2.05, 4.69) is 0 Å². The van der Waals surface area contributed by atoms with Crippen molar-refractivity contribution in [2.75, 3.05) is 0 Å². The van der Waals surface area contributed by atoms with Gasteiger partial charge in [0, 0.05) is 0 Å². The average molecular weight is 105 g/mol. The summed E-state index contributed by atoms with van der Waals surface area (Å²) in [5.74, 6) is 0. The van der Waals surface area contributed by atoms with Crippen LogP contribution in [0.15, 0.2) is 0 Å². The molecule has 0 heterocycles. The van der Waals surface area contributed by atoms with E-state index in [1.807, 2.05) is 0 Å². The molecule has 0 atom stereocenters. The molecule has 0 aromatic carbocycles. The molecule has 0 aliphatic carbocycles. The van der Waals surface area contributed by atoms with Gasteiger partial charge in [-0.15, -0.1) is 0 Å². The standard InChI is InChI=1S/Mn.H2O.2O/h;1H2;;. The molecule has 0 aromatic rings. The van der Waals surface area contributed by atoms with Crippen molar-refractivity contribution in [2.24, 2.45) is 0 Å². The first-order valence-electron chi connectivity index (χ1n) is 0.309. The van der Waals surface area contributed by atoms with Crippen molar-refractivity contribution in [3.63, 3.8) is 0 Å². The second-order valence-electron chi connectivity index (χ2n) is 0.0630. The zero-order valence-corrected chi connectivity index (χ0v) is 2.87. The molecule has 27 valence electrons. The molecule has 0 saturated carbocycles. The summed E-state index contributed by atoms with van der Waals surface area (Å²) < 4.78 is 16.8. The van der Waals surface area contributed by atoms with E-state index in [-0.39, 0.29) is 5.48 Å². The Kier molecular flexibility index (Phi) is 25.6. The SMILES string of the molecule is O.[O]=[Mn]=[O]. The van der Waals surface area contributed by atoms with Gasteiger partial charge in [0.25, 0.3) is 0 Å². The van der Waals surface area contributed by atoms with Crippen molar-refractivity contribution < 1.29 is 28.0 Å². The van der Waals surface area contributed by atoms with E-state index in [4.69, 9.17) is 7.67 Å². The van der Waals surface area contributed by atoms with Crippen LogP contribution in [0.2, 0.25) is 0 Å². The molecular weight excluding hydrogens is 103 g/mol. The Labute approximate surface area is 28.9 Å². The van der Waals surface area contributed by atoms with Crippen molar-refractivity contribution in [3.05, 3.63) is 0 Å². The zero-order chi connectivity index (χ0) is 2.71. The van der Waals surface area contributed by atoms with Crippen molar-refractivity contribution in [1.82, 2.24) is 0 Å². The predicted molar refractivity (Wildman–Crippen MR) is 4.99 cm³/mol. The molecule has 4 heteroatoms. The van der Waals surface area contributed by atoms with Crippen LogP contribution < -0.4 is 0 Å². The summed E-state index contributed by atoms with van der Waals surface area (Å²) in [4.78, 5) is 0. The van der Waals surface area contributed by atoms with E-state index < -0.39 is 14.8 Å². The molecule has 0 aliphatic heterocycles. The molecule has 0 aliphatic rings. The van der Waals surface area contributed by atoms with Crippen molar-refractivity contribution in [1.29, 1.82) is 0 Å². The van der Waals surface area contributed by atoms with Crippen molar-refractivity contribution in [2.45, 2.75) is 0 Å². The van der Waals surface area contributed by atoms with Crippen LogP contribution in [0.25, 0.3) is 0 Å². The predicted octanol–water partition coefficient (Wildman–Crippen LogP) is -1.06. The molecule has 0 rings (SSSR count). The van der Waals surface area contributed by atoms with Crippen LogP contribution in [0.4, 0.5) is 0 Å². The second-order valence-corrected chi connectivity index (χ2v) is 0.260. The molecule has 0 amide bonds. The molecule has 0 fully saturated rings. The van der Waals surface area contributed by atoms with Gasteiger partial charge in [-0.05, 0) is 0 Å². The van der Waals surface area contributed by atoms with Crippen molar-refractivity contribution in [3.8, 4) is 0 Å². The molecule has 2 N–H and O–H groups in total. The van der Waals surface area contributed by atoms with Gasteiger partial charge in [0.1, 0.15) is 0 Å². The summed E-state index contributed by atoms with van der Waals surface area (Å²) in [5, 5.41) is 0. The molecule has 4 heavy (non-hydrogen) atoms. The molecular formula is H2MnO3. The molecule has 3 nitrogen and oxygen atoms in total. The van der Waals surface area contributed by atoms with Crippen LogP contribution in [0.5, 0.6) is 0 Å². The van der Waals surface area contributed by atoms with Crippen LogP contribution in [-0.4, -0.2) is 5.48 Å². The Balaban J connectivity index is 0. The van der Waals surface area contributed by atoms with Gasteiger partial charge in [0.05, 0.1) is 0 Å². The van der Waals surface area contributed by atoms with Crippen LogP contribution >= 0.6 is 0 Å². The van der Waals surface area contributed by atoms with E-state index in [0.29, 0.717) is 0 Å². The average Bonchev–Trinajstić information content (AvgIpc) is 0.918. The summed E-state index contributed by atoms with van der Waals surface area (Å²) in [6.07, 6.45) is 0. The second kappa shape index (κ2) is 11.4. The Morgan fingerprint density at radius 1 is 1.25 bits per heavy atom. The van der Waals surface area contributed by atoms with Gasteiger partial charge in [-0.25, -0.2) is 0 Å². The zero-order valence-electron chi connectivity index (χ0n) is 1.69. The fraction of sp³-hybridized carbons (Fsp3) is 0. The number of hydrogen-bond donors (Lipinski definition) is 0. The van der Waals surface area contributed by atoms with Gasteiger partial charge in [-0.3, -0.25) is 0 Å². The van der Waals surface area contributed by atoms with Gasteiger partial charge in [-0.2, -0.15) is 0 Å². The maximum absolute atomic E-state index is 8.41. The third-order valence-corrected chi connectivity index (χ3v) is 0. The first-order chi connectivity index (χ1) is 1.41. The van der Waals surface area contributed by atoms with Gasteiger partial charge in [-0.1, -0.05) is 0 Å². The van der Waals surface area contributed by atoms with E-state index in [1.54, 1.807) is 0 Å². The maximum atomic E-state index is 8.41. The summed E-state index contributed by atoms with van der Waals surface area (Å²) in [6, 6.07) is 0. The first-order valence-corrected chi connectivity index (χ1v) is 1.27. The summed E-state index contributed by atoms with van der Waals surface area (Å²) in [5.41, 5.74) is 0. The van der Waals surface area contributed by atoms with Crippen LogP contribution in [0, 0.1) is 0 Å². The fourth-order valence-corrected chi connectivity index (χ4v) is 0. The molecule has 0 radical (unpaired) electrons.